The van der Waals surface area contributed by atoms with Crippen molar-refractivity contribution in [3.63, 3.8) is 0 Å². The number of fused-ring (bicyclic) bond motifs is 1. The second kappa shape index (κ2) is 5.51. The molecule has 3 aromatic rings. The van der Waals surface area contributed by atoms with Crippen molar-refractivity contribution in [3.8, 4) is 0 Å². The SMILES string of the molecule is Cc1ccc2c(c1)c(CO)c(Cl)n2Cc1ccc(F)cc1. The van der Waals surface area contributed by atoms with Gasteiger partial charge in [-0.05, 0) is 36.8 Å². The molecule has 0 atom stereocenters. The van der Waals surface area contributed by atoms with Gasteiger partial charge in [0, 0.05) is 23.0 Å². The van der Waals surface area contributed by atoms with Gasteiger partial charge in [-0.1, -0.05) is 35.4 Å². The highest BCUT2D eigenvalue weighted by atomic mass is 35.5. The largest absolute Gasteiger partial charge is 0.392 e. The molecule has 21 heavy (non-hydrogen) atoms. The van der Waals surface area contributed by atoms with Gasteiger partial charge in [0.2, 0.25) is 0 Å². The molecule has 0 saturated carbocycles. The number of nitrogens with zero attached hydrogens (tertiary/aromatic N) is 1. The normalized spacial score (nSPS) is 11.2. The number of aliphatic hydroxyl groups is 1. The Hall–Kier alpha value is -1.84. The average molecular weight is 304 g/mol. The Morgan fingerprint density at radius 1 is 1.14 bits per heavy atom. The van der Waals surface area contributed by atoms with Crippen LogP contribution in [-0.2, 0) is 13.2 Å². The third-order valence-corrected chi connectivity index (χ3v) is 4.10. The Morgan fingerprint density at radius 2 is 1.86 bits per heavy atom. The summed E-state index contributed by atoms with van der Waals surface area (Å²) in [4.78, 5) is 0. The summed E-state index contributed by atoms with van der Waals surface area (Å²) >= 11 is 6.41. The van der Waals surface area contributed by atoms with Crippen LogP contribution in [0.1, 0.15) is 16.7 Å². The van der Waals surface area contributed by atoms with Crippen LogP contribution in [0.2, 0.25) is 5.15 Å². The summed E-state index contributed by atoms with van der Waals surface area (Å²) in [6, 6.07) is 12.4. The molecule has 2 nitrogen and oxygen atoms in total. The van der Waals surface area contributed by atoms with Crippen LogP contribution < -0.4 is 0 Å². The molecule has 0 aliphatic heterocycles. The fourth-order valence-corrected chi connectivity index (χ4v) is 2.90. The Bertz CT molecular complexity index is 793. The molecule has 0 amide bonds. The molecule has 0 spiro atoms. The predicted octanol–water partition coefficient (Wildman–Crippen LogP) is 4.28. The van der Waals surface area contributed by atoms with E-state index >= 15 is 0 Å². The van der Waals surface area contributed by atoms with E-state index in [0.717, 1.165) is 27.6 Å². The summed E-state index contributed by atoms with van der Waals surface area (Å²) in [6.45, 7) is 2.44. The summed E-state index contributed by atoms with van der Waals surface area (Å²) in [5, 5.41) is 11.1. The zero-order valence-corrected chi connectivity index (χ0v) is 12.4. The molecular weight excluding hydrogens is 289 g/mol. The first kappa shape index (κ1) is 14.1. The maximum atomic E-state index is 13.0. The molecule has 4 heteroatoms. The number of rotatable bonds is 3. The molecule has 0 bridgehead atoms. The third kappa shape index (κ3) is 2.55. The quantitative estimate of drug-likeness (QED) is 0.767. The topological polar surface area (TPSA) is 25.2 Å². The maximum Gasteiger partial charge on any atom is 0.123 e. The molecule has 108 valence electrons. The lowest BCUT2D eigenvalue weighted by Crippen LogP contribution is -2.00. The molecule has 0 radical (unpaired) electrons. The molecule has 0 fully saturated rings. The number of aliphatic hydroxyl groups excluding tert-OH is 1. The molecule has 0 unspecified atom stereocenters. The van der Waals surface area contributed by atoms with Gasteiger partial charge in [0.1, 0.15) is 11.0 Å². The van der Waals surface area contributed by atoms with E-state index in [9.17, 15) is 9.50 Å². The van der Waals surface area contributed by atoms with Gasteiger partial charge in [0.25, 0.3) is 0 Å². The van der Waals surface area contributed by atoms with E-state index in [4.69, 9.17) is 11.6 Å². The van der Waals surface area contributed by atoms with Gasteiger partial charge in [0.15, 0.2) is 0 Å². The highest BCUT2D eigenvalue weighted by molar-refractivity contribution is 6.32. The summed E-state index contributed by atoms with van der Waals surface area (Å²) in [5.74, 6) is -0.256. The van der Waals surface area contributed by atoms with Crippen LogP contribution in [0, 0.1) is 12.7 Å². The summed E-state index contributed by atoms with van der Waals surface area (Å²) < 4.78 is 14.9. The molecule has 1 heterocycles. The zero-order chi connectivity index (χ0) is 15.0. The lowest BCUT2D eigenvalue weighted by molar-refractivity contribution is 0.283. The average Bonchev–Trinajstić information content (AvgIpc) is 2.73. The first-order chi connectivity index (χ1) is 10.1. The van der Waals surface area contributed by atoms with E-state index < -0.39 is 0 Å². The van der Waals surface area contributed by atoms with Crippen molar-refractivity contribution in [2.24, 2.45) is 0 Å². The van der Waals surface area contributed by atoms with Crippen LogP contribution in [0.25, 0.3) is 10.9 Å². The molecule has 0 aliphatic carbocycles. The van der Waals surface area contributed by atoms with Gasteiger partial charge in [-0.3, -0.25) is 0 Å². The van der Waals surface area contributed by atoms with Crippen LogP contribution in [0.4, 0.5) is 4.39 Å². The minimum absolute atomic E-state index is 0.102. The van der Waals surface area contributed by atoms with E-state index in [1.165, 1.54) is 12.1 Å². The first-order valence-electron chi connectivity index (χ1n) is 6.72. The zero-order valence-electron chi connectivity index (χ0n) is 11.6. The summed E-state index contributed by atoms with van der Waals surface area (Å²) in [6.07, 6.45) is 0. The molecule has 3 rings (SSSR count). The number of hydrogen-bond donors (Lipinski definition) is 1. The van der Waals surface area contributed by atoms with Crippen LogP contribution in [0.15, 0.2) is 42.5 Å². The van der Waals surface area contributed by atoms with Gasteiger partial charge in [-0.25, -0.2) is 4.39 Å². The van der Waals surface area contributed by atoms with E-state index in [1.807, 2.05) is 29.7 Å². The second-order valence-corrected chi connectivity index (χ2v) is 5.52. The highest BCUT2D eigenvalue weighted by Crippen LogP contribution is 2.31. The second-order valence-electron chi connectivity index (χ2n) is 5.16. The standard InChI is InChI=1S/C17H15ClFNO/c1-11-2-7-16-14(8-11)15(10-21)17(18)20(16)9-12-3-5-13(19)6-4-12/h2-8,21H,9-10H2,1H3. The lowest BCUT2D eigenvalue weighted by atomic mass is 10.1. The molecule has 0 saturated heterocycles. The Balaban J connectivity index is 2.13. The number of halogens is 2. The van der Waals surface area contributed by atoms with Crippen molar-refractivity contribution in [2.75, 3.05) is 0 Å². The van der Waals surface area contributed by atoms with Crippen molar-refractivity contribution in [2.45, 2.75) is 20.1 Å². The van der Waals surface area contributed by atoms with Gasteiger partial charge in [-0.15, -0.1) is 0 Å². The predicted molar refractivity (Wildman–Crippen MR) is 83.1 cm³/mol. The minimum Gasteiger partial charge on any atom is -0.392 e. The molecule has 0 aliphatic rings. The van der Waals surface area contributed by atoms with Gasteiger partial charge < -0.3 is 9.67 Å². The maximum absolute atomic E-state index is 13.0. The monoisotopic (exact) mass is 303 g/mol. The summed E-state index contributed by atoms with van der Waals surface area (Å²) in [7, 11) is 0. The smallest absolute Gasteiger partial charge is 0.123 e. The minimum atomic E-state index is -0.256. The Labute approximate surface area is 127 Å². The molecule has 1 aromatic heterocycles. The van der Waals surface area contributed by atoms with E-state index in [1.54, 1.807) is 12.1 Å². The van der Waals surface area contributed by atoms with Gasteiger partial charge in [0.05, 0.1) is 6.61 Å². The Kier molecular flexibility index (Phi) is 3.70. The number of benzene rings is 2. The van der Waals surface area contributed by atoms with E-state index in [2.05, 4.69) is 0 Å². The van der Waals surface area contributed by atoms with Crippen molar-refractivity contribution in [1.82, 2.24) is 4.57 Å². The van der Waals surface area contributed by atoms with Crippen LogP contribution in [-0.4, -0.2) is 9.67 Å². The van der Waals surface area contributed by atoms with Crippen LogP contribution in [0.5, 0.6) is 0 Å². The highest BCUT2D eigenvalue weighted by Gasteiger charge is 2.15. The van der Waals surface area contributed by atoms with Crippen molar-refractivity contribution in [3.05, 3.63) is 70.1 Å². The van der Waals surface area contributed by atoms with Crippen molar-refractivity contribution < 1.29 is 9.50 Å². The Morgan fingerprint density at radius 3 is 2.52 bits per heavy atom. The first-order valence-corrected chi connectivity index (χ1v) is 7.10. The number of hydrogen-bond acceptors (Lipinski definition) is 1. The number of aromatic nitrogens is 1. The molecular formula is C17H15ClFNO. The van der Waals surface area contributed by atoms with Gasteiger partial charge in [-0.2, -0.15) is 0 Å². The van der Waals surface area contributed by atoms with Crippen molar-refractivity contribution in [1.29, 1.82) is 0 Å². The fourth-order valence-electron chi connectivity index (χ4n) is 2.58. The number of aryl methyl sites for hydroxylation is 1. The lowest BCUT2D eigenvalue weighted by Gasteiger charge is -2.08. The van der Waals surface area contributed by atoms with Gasteiger partial charge >= 0.3 is 0 Å². The summed E-state index contributed by atoms with van der Waals surface area (Å²) in [5.41, 5.74) is 3.78. The third-order valence-electron chi connectivity index (χ3n) is 3.67. The van der Waals surface area contributed by atoms with Crippen molar-refractivity contribution >= 4 is 22.5 Å². The van der Waals surface area contributed by atoms with E-state index in [0.29, 0.717) is 11.7 Å². The van der Waals surface area contributed by atoms with E-state index in [-0.39, 0.29) is 12.4 Å². The van der Waals surface area contributed by atoms with Crippen LogP contribution >= 0.6 is 11.6 Å². The molecule has 2 aromatic carbocycles. The fraction of sp³-hybridized carbons (Fsp3) is 0.176. The molecule has 1 N–H and O–H groups in total. The van der Waals surface area contributed by atoms with Crippen LogP contribution in [0.3, 0.4) is 0 Å².